The maximum atomic E-state index is 8.36. The lowest BCUT2D eigenvalue weighted by atomic mass is 10.1. The molecule has 0 aliphatic heterocycles. The van der Waals surface area contributed by atoms with Gasteiger partial charge in [0.15, 0.2) is 0 Å². The average molecular weight is 397 g/mol. The predicted octanol–water partition coefficient (Wildman–Crippen LogP) is 1.86. The summed E-state index contributed by atoms with van der Waals surface area (Å²) in [5.41, 5.74) is 12.0. The normalized spacial score (nSPS) is 10.2. The minimum absolute atomic E-state index is 0.0551. The molecule has 0 atom stereocenters. The van der Waals surface area contributed by atoms with Crippen molar-refractivity contribution in [1.82, 2.24) is 0 Å². The third-order valence-corrected chi connectivity index (χ3v) is 2.82. The third kappa shape index (κ3) is 8.11. The summed E-state index contributed by atoms with van der Waals surface area (Å²) in [7, 11) is 0. The Morgan fingerprint density at radius 1 is 1.37 bits per heavy atom. The van der Waals surface area contributed by atoms with Crippen LogP contribution in [0.3, 0.4) is 0 Å². The van der Waals surface area contributed by atoms with Gasteiger partial charge in [-0.1, -0.05) is 31.9 Å². The van der Waals surface area contributed by atoms with Crippen LogP contribution in [0.25, 0.3) is 0 Å². The molecule has 0 aliphatic carbocycles. The van der Waals surface area contributed by atoms with E-state index in [9.17, 15) is 0 Å². The number of halogens is 2. The molecule has 1 aromatic rings. The van der Waals surface area contributed by atoms with E-state index in [0.29, 0.717) is 0 Å². The quantitative estimate of drug-likeness (QED) is 0.303. The minimum Gasteiger partial charge on any atom is -0.369 e. The molecule has 8 nitrogen and oxygen atoms in total. The van der Waals surface area contributed by atoms with E-state index in [1.165, 1.54) is 0 Å². The molecule has 0 spiro atoms. The van der Waals surface area contributed by atoms with Gasteiger partial charge in [-0.2, -0.15) is 5.10 Å². The smallest absolute Gasteiger partial charge is 0.291 e. The van der Waals surface area contributed by atoms with Gasteiger partial charge in [0, 0.05) is 14.5 Å². The van der Waals surface area contributed by atoms with Crippen LogP contribution in [0.4, 0.5) is 0 Å². The Balaban J connectivity index is 0.000000711. The topological polar surface area (TPSA) is 140 Å². The lowest BCUT2D eigenvalue weighted by molar-refractivity contribution is -0.742. The van der Waals surface area contributed by atoms with Crippen LogP contribution < -0.4 is 11.5 Å². The first kappa shape index (κ1) is 17.3. The summed E-state index contributed by atoms with van der Waals surface area (Å²) < 4.78 is 1.91. The van der Waals surface area contributed by atoms with E-state index in [1.807, 2.05) is 25.1 Å². The Morgan fingerprint density at radius 2 is 1.89 bits per heavy atom. The Bertz CT molecular complexity index is 511. The van der Waals surface area contributed by atoms with Crippen molar-refractivity contribution in [2.45, 2.75) is 6.92 Å². The second-order valence-corrected chi connectivity index (χ2v) is 4.84. The highest BCUT2D eigenvalue weighted by Gasteiger charge is 2.03. The van der Waals surface area contributed by atoms with Gasteiger partial charge in [-0.3, -0.25) is 0 Å². The summed E-state index contributed by atoms with van der Waals surface area (Å²) in [4.78, 5) is 8.36. The maximum absolute atomic E-state index is 8.36. The lowest BCUT2D eigenvalue weighted by Crippen LogP contribution is -2.22. The summed E-state index contributed by atoms with van der Waals surface area (Å²) in [5, 5.41) is 21.1. The molecule has 5 N–H and O–H groups in total. The Kier molecular flexibility index (Phi) is 7.68. The van der Waals surface area contributed by atoms with E-state index in [0.717, 1.165) is 20.2 Å². The van der Waals surface area contributed by atoms with Crippen LogP contribution in [-0.4, -0.2) is 22.0 Å². The molecule has 0 bridgehead atoms. The molecule has 104 valence electrons. The number of hydrogen-bond donors (Lipinski definition) is 3. The summed E-state index contributed by atoms with van der Waals surface area (Å²) in [6, 6.07) is 5.79. The number of nitrogens with zero attached hydrogens (tertiary/aromatic N) is 3. The molecular weight excluding hydrogens is 386 g/mol. The van der Waals surface area contributed by atoms with Crippen molar-refractivity contribution < 1.29 is 10.3 Å². The second kappa shape index (κ2) is 8.43. The van der Waals surface area contributed by atoms with E-state index in [1.54, 1.807) is 0 Å². The standard InChI is InChI=1S/C9H10Br2N4.HNO3/c1-5(14-15-9(12)13)7-4-6(10)2-3-8(7)11;2-1(3)4/h2-4H,1H3,(H4,12,13,15);(H,2,3,4)/b14-5+;. The molecule has 0 fully saturated rings. The van der Waals surface area contributed by atoms with Gasteiger partial charge in [0.2, 0.25) is 5.96 Å². The van der Waals surface area contributed by atoms with Crippen molar-refractivity contribution >= 4 is 43.5 Å². The van der Waals surface area contributed by atoms with E-state index in [4.69, 9.17) is 26.8 Å². The van der Waals surface area contributed by atoms with Crippen LogP contribution in [0.2, 0.25) is 0 Å². The Morgan fingerprint density at radius 3 is 2.37 bits per heavy atom. The molecule has 0 aliphatic rings. The van der Waals surface area contributed by atoms with Gasteiger partial charge in [-0.15, -0.1) is 15.2 Å². The summed E-state index contributed by atoms with van der Waals surface area (Å²) in [5.74, 6) is -0.0551. The first-order valence-electron chi connectivity index (χ1n) is 4.66. The summed E-state index contributed by atoms with van der Waals surface area (Å²) in [6.45, 7) is 1.83. The number of hydrogen-bond acceptors (Lipinski definition) is 4. The van der Waals surface area contributed by atoms with Crippen LogP contribution >= 0.6 is 31.9 Å². The third-order valence-electron chi connectivity index (χ3n) is 1.63. The highest BCUT2D eigenvalue weighted by molar-refractivity contribution is 9.11. The second-order valence-electron chi connectivity index (χ2n) is 3.07. The SMILES string of the molecule is C/C(=N\N=C(N)N)c1cc(Br)ccc1Br.O=[N+]([O-])O. The molecule has 0 saturated heterocycles. The fourth-order valence-corrected chi connectivity index (χ4v) is 1.86. The predicted molar refractivity (Wildman–Crippen MR) is 78.6 cm³/mol. The van der Waals surface area contributed by atoms with Crippen molar-refractivity contribution in [3.63, 3.8) is 0 Å². The van der Waals surface area contributed by atoms with Gasteiger partial charge in [0.05, 0.1) is 5.71 Å². The number of nitrogens with two attached hydrogens (primary N) is 2. The monoisotopic (exact) mass is 395 g/mol. The van der Waals surface area contributed by atoms with Crippen molar-refractivity contribution in [3.8, 4) is 0 Å². The van der Waals surface area contributed by atoms with Crippen LogP contribution in [-0.2, 0) is 0 Å². The van der Waals surface area contributed by atoms with Gasteiger partial charge in [0.25, 0.3) is 5.09 Å². The summed E-state index contributed by atoms with van der Waals surface area (Å²) >= 11 is 6.81. The van der Waals surface area contributed by atoms with E-state index in [2.05, 4.69) is 42.1 Å². The first-order chi connectivity index (χ1) is 8.73. The van der Waals surface area contributed by atoms with Gasteiger partial charge in [0.1, 0.15) is 0 Å². The molecule has 1 aromatic carbocycles. The molecule has 0 saturated carbocycles. The van der Waals surface area contributed by atoms with Crippen LogP contribution in [0.15, 0.2) is 37.3 Å². The maximum Gasteiger partial charge on any atom is 0.291 e. The van der Waals surface area contributed by atoms with Gasteiger partial charge in [-0.05, 0) is 25.1 Å². The zero-order valence-electron chi connectivity index (χ0n) is 9.75. The molecule has 0 aromatic heterocycles. The van der Waals surface area contributed by atoms with Crippen LogP contribution in [0, 0.1) is 10.1 Å². The van der Waals surface area contributed by atoms with Crippen molar-refractivity contribution in [3.05, 3.63) is 42.8 Å². The van der Waals surface area contributed by atoms with Crippen LogP contribution in [0.5, 0.6) is 0 Å². The van der Waals surface area contributed by atoms with Crippen molar-refractivity contribution in [1.29, 1.82) is 0 Å². The largest absolute Gasteiger partial charge is 0.369 e. The zero-order chi connectivity index (χ0) is 15.0. The first-order valence-corrected chi connectivity index (χ1v) is 6.24. The van der Waals surface area contributed by atoms with E-state index < -0.39 is 5.09 Å². The van der Waals surface area contributed by atoms with Gasteiger partial charge >= 0.3 is 0 Å². The molecular formula is C9H11Br2N5O3. The fraction of sp³-hybridized carbons (Fsp3) is 0.111. The lowest BCUT2D eigenvalue weighted by Gasteiger charge is -2.03. The molecule has 0 unspecified atom stereocenters. The number of rotatable bonds is 2. The highest BCUT2D eigenvalue weighted by Crippen LogP contribution is 2.22. The van der Waals surface area contributed by atoms with Crippen LogP contribution in [0.1, 0.15) is 12.5 Å². The number of benzene rings is 1. The zero-order valence-corrected chi connectivity index (χ0v) is 12.9. The van der Waals surface area contributed by atoms with Gasteiger partial charge < -0.3 is 16.7 Å². The van der Waals surface area contributed by atoms with Crippen molar-refractivity contribution in [2.75, 3.05) is 0 Å². The average Bonchev–Trinajstić information content (AvgIpc) is 2.28. The Hall–Kier alpha value is -1.68. The number of guanidine groups is 1. The van der Waals surface area contributed by atoms with Gasteiger partial charge in [-0.25, -0.2) is 0 Å². The minimum atomic E-state index is -1.50. The highest BCUT2D eigenvalue weighted by atomic mass is 79.9. The molecule has 1 rings (SSSR count). The van der Waals surface area contributed by atoms with E-state index >= 15 is 0 Å². The molecule has 10 heteroatoms. The molecule has 19 heavy (non-hydrogen) atoms. The Labute approximate surface area is 125 Å². The molecule has 0 amide bonds. The summed E-state index contributed by atoms with van der Waals surface area (Å²) in [6.07, 6.45) is 0. The van der Waals surface area contributed by atoms with E-state index in [-0.39, 0.29) is 5.96 Å². The molecule has 0 heterocycles. The molecule has 0 radical (unpaired) electrons. The van der Waals surface area contributed by atoms with Crippen molar-refractivity contribution in [2.24, 2.45) is 21.7 Å². The fourth-order valence-electron chi connectivity index (χ4n) is 0.961.